The number of benzene rings is 2. The summed E-state index contributed by atoms with van der Waals surface area (Å²) in [6, 6.07) is 8.88. The smallest absolute Gasteiger partial charge is 0.338 e. The molecule has 0 N–H and O–H groups in total. The molecule has 0 atom stereocenters. The van der Waals surface area contributed by atoms with E-state index in [0.717, 1.165) is 0 Å². The SMILES string of the molecule is CCN(Cc1cccc(F)c1)C(=O)COC(=O)c1cc(OC)c(OC)c(OC)c1. The Bertz CT molecular complexity index is 845. The van der Waals surface area contributed by atoms with Gasteiger partial charge in [-0.1, -0.05) is 12.1 Å². The maximum atomic E-state index is 13.3. The normalized spacial score (nSPS) is 10.2. The minimum absolute atomic E-state index is 0.153. The molecule has 0 saturated heterocycles. The van der Waals surface area contributed by atoms with Gasteiger partial charge in [-0.15, -0.1) is 0 Å². The average Bonchev–Trinajstić information content (AvgIpc) is 2.74. The Morgan fingerprint density at radius 1 is 1.00 bits per heavy atom. The number of carbonyl (C=O) groups is 2. The van der Waals surface area contributed by atoms with Gasteiger partial charge in [0.15, 0.2) is 18.1 Å². The highest BCUT2D eigenvalue weighted by molar-refractivity contribution is 5.92. The second-order valence-electron chi connectivity index (χ2n) is 6.03. The Kier molecular flexibility index (Phi) is 7.82. The molecule has 2 rings (SSSR count). The minimum atomic E-state index is -0.709. The number of halogens is 1. The number of hydrogen-bond acceptors (Lipinski definition) is 6. The van der Waals surface area contributed by atoms with Crippen molar-refractivity contribution in [3.8, 4) is 17.2 Å². The van der Waals surface area contributed by atoms with Crippen LogP contribution < -0.4 is 14.2 Å². The van der Waals surface area contributed by atoms with Gasteiger partial charge in [-0.05, 0) is 36.8 Å². The molecule has 0 spiro atoms. The number of esters is 1. The fourth-order valence-electron chi connectivity index (χ4n) is 2.73. The van der Waals surface area contributed by atoms with E-state index in [1.807, 2.05) is 0 Å². The van der Waals surface area contributed by atoms with Gasteiger partial charge in [-0.25, -0.2) is 9.18 Å². The zero-order chi connectivity index (χ0) is 21.4. The molecular formula is C21H24FNO6. The quantitative estimate of drug-likeness (QED) is 0.597. The molecule has 0 aromatic heterocycles. The number of ether oxygens (including phenoxy) is 4. The van der Waals surface area contributed by atoms with Crippen molar-refractivity contribution < 1.29 is 32.9 Å². The molecule has 1 amide bonds. The van der Waals surface area contributed by atoms with Crippen molar-refractivity contribution in [1.29, 1.82) is 0 Å². The standard InChI is InChI=1S/C21H24FNO6/c1-5-23(12-14-7-6-8-16(22)9-14)19(24)13-29-21(25)15-10-17(26-2)20(28-4)18(11-15)27-3/h6-11H,5,12-13H2,1-4H3. The maximum absolute atomic E-state index is 13.3. The summed E-state index contributed by atoms with van der Waals surface area (Å²) in [6.07, 6.45) is 0. The first-order chi connectivity index (χ1) is 13.9. The van der Waals surface area contributed by atoms with Crippen LogP contribution in [0.1, 0.15) is 22.8 Å². The van der Waals surface area contributed by atoms with Gasteiger partial charge in [-0.3, -0.25) is 4.79 Å². The summed E-state index contributed by atoms with van der Waals surface area (Å²) < 4.78 is 34.1. The molecule has 0 aliphatic rings. The van der Waals surface area contributed by atoms with Gasteiger partial charge >= 0.3 is 5.97 Å². The molecule has 7 nitrogen and oxygen atoms in total. The molecule has 0 aliphatic carbocycles. The first kappa shape index (κ1) is 22.0. The number of amides is 1. The van der Waals surface area contributed by atoms with Crippen LogP contribution >= 0.6 is 0 Å². The summed E-state index contributed by atoms with van der Waals surface area (Å²) in [5.41, 5.74) is 0.802. The van der Waals surface area contributed by atoms with Crippen molar-refractivity contribution in [1.82, 2.24) is 4.90 Å². The fraction of sp³-hybridized carbons (Fsp3) is 0.333. The molecule has 0 saturated carbocycles. The van der Waals surface area contributed by atoms with Gasteiger partial charge in [0.2, 0.25) is 5.75 Å². The van der Waals surface area contributed by atoms with Crippen molar-refractivity contribution in [3.63, 3.8) is 0 Å². The molecular weight excluding hydrogens is 381 g/mol. The third-order valence-electron chi connectivity index (χ3n) is 4.22. The largest absolute Gasteiger partial charge is 0.493 e. The Labute approximate surface area is 168 Å². The first-order valence-corrected chi connectivity index (χ1v) is 8.92. The van der Waals surface area contributed by atoms with Crippen LogP contribution in [0, 0.1) is 5.82 Å². The summed E-state index contributed by atoms with van der Waals surface area (Å²) >= 11 is 0. The van der Waals surface area contributed by atoms with E-state index in [1.54, 1.807) is 19.1 Å². The van der Waals surface area contributed by atoms with E-state index >= 15 is 0 Å². The van der Waals surface area contributed by atoms with Crippen LogP contribution in [0.15, 0.2) is 36.4 Å². The minimum Gasteiger partial charge on any atom is -0.493 e. The van der Waals surface area contributed by atoms with E-state index in [0.29, 0.717) is 29.4 Å². The molecule has 0 radical (unpaired) electrons. The molecule has 2 aromatic rings. The summed E-state index contributed by atoms with van der Waals surface area (Å²) in [6.45, 7) is 1.95. The average molecular weight is 405 g/mol. The molecule has 0 aliphatic heterocycles. The Morgan fingerprint density at radius 2 is 1.66 bits per heavy atom. The molecule has 0 unspecified atom stereocenters. The summed E-state index contributed by atoms with van der Waals surface area (Å²) in [5.74, 6) is -0.537. The number of nitrogens with zero attached hydrogens (tertiary/aromatic N) is 1. The van der Waals surface area contributed by atoms with Crippen LogP contribution in [0.3, 0.4) is 0 Å². The molecule has 0 bridgehead atoms. The van der Waals surface area contributed by atoms with E-state index in [9.17, 15) is 14.0 Å². The van der Waals surface area contributed by atoms with E-state index in [2.05, 4.69) is 0 Å². The van der Waals surface area contributed by atoms with Crippen LogP contribution in [0.4, 0.5) is 4.39 Å². The van der Waals surface area contributed by atoms with Gasteiger partial charge in [0.25, 0.3) is 5.91 Å². The predicted octanol–water partition coefficient (Wildman–Crippen LogP) is 3.06. The lowest BCUT2D eigenvalue weighted by Crippen LogP contribution is -2.34. The number of likely N-dealkylation sites (N-methyl/N-ethyl adjacent to an activating group) is 1. The third kappa shape index (κ3) is 5.60. The zero-order valence-corrected chi connectivity index (χ0v) is 16.9. The van der Waals surface area contributed by atoms with E-state index in [1.165, 1.54) is 50.5 Å². The van der Waals surface area contributed by atoms with Crippen LogP contribution in [0.2, 0.25) is 0 Å². The van der Waals surface area contributed by atoms with E-state index < -0.39 is 18.5 Å². The number of hydrogen-bond donors (Lipinski definition) is 0. The van der Waals surface area contributed by atoms with Crippen LogP contribution in [0.5, 0.6) is 17.2 Å². The van der Waals surface area contributed by atoms with Gasteiger partial charge in [0.1, 0.15) is 5.82 Å². The molecule has 0 fully saturated rings. The highest BCUT2D eigenvalue weighted by Gasteiger charge is 2.20. The monoisotopic (exact) mass is 405 g/mol. The van der Waals surface area contributed by atoms with Crippen molar-refractivity contribution >= 4 is 11.9 Å². The second kappa shape index (κ2) is 10.3. The van der Waals surface area contributed by atoms with Crippen LogP contribution in [-0.4, -0.2) is 51.3 Å². The van der Waals surface area contributed by atoms with Crippen molar-refractivity contribution in [3.05, 3.63) is 53.3 Å². The lowest BCUT2D eigenvalue weighted by molar-refractivity contribution is -0.134. The van der Waals surface area contributed by atoms with E-state index in [4.69, 9.17) is 18.9 Å². The van der Waals surface area contributed by atoms with Crippen LogP contribution in [-0.2, 0) is 16.1 Å². The molecule has 8 heteroatoms. The molecule has 0 heterocycles. The topological polar surface area (TPSA) is 74.3 Å². The highest BCUT2D eigenvalue weighted by atomic mass is 19.1. The highest BCUT2D eigenvalue weighted by Crippen LogP contribution is 2.38. The van der Waals surface area contributed by atoms with Gasteiger partial charge < -0.3 is 23.8 Å². The van der Waals surface area contributed by atoms with Gasteiger partial charge in [0.05, 0.1) is 26.9 Å². The number of rotatable bonds is 9. The zero-order valence-electron chi connectivity index (χ0n) is 16.9. The van der Waals surface area contributed by atoms with E-state index in [-0.39, 0.29) is 17.9 Å². The Hall–Kier alpha value is -3.29. The maximum Gasteiger partial charge on any atom is 0.338 e. The Balaban J connectivity index is 2.06. The van der Waals surface area contributed by atoms with Gasteiger partial charge in [0, 0.05) is 13.1 Å². The first-order valence-electron chi connectivity index (χ1n) is 8.92. The summed E-state index contributed by atoms with van der Waals surface area (Å²) in [5, 5.41) is 0. The van der Waals surface area contributed by atoms with Crippen molar-refractivity contribution in [2.45, 2.75) is 13.5 Å². The molecule has 156 valence electrons. The number of carbonyl (C=O) groups excluding carboxylic acids is 2. The van der Waals surface area contributed by atoms with Crippen molar-refractivity contribution in [2.75, 3.05) is 34.5 Å². The second-order valence-corrected chi connectivity index (χ2v) is 6.03. The van der Waals surface area contributed by atoms with Crippen molar-refractivity contribution in [2.24, 2.45) is 0 Å². The molecule has 2 aromatic carbocycles. The predicted molar refractivity (Wildman–Crippen MR) is 104 cm³/mol. The lowest BCUT2D eigenvalue weighted by atomic mass is 10.2. The summed E-state index contributed by atoms with van der Waals surface area (Å²) in [7, 11) is 4.32. The van der Waals surface area contributed by atoms with Gasteiger partial charge in [-0.2, -0.15) is 0 Å². The molecule has 29 heavy (non-hydrogen) atoms. The van der Waals surface area contributed by atoms with Crippen LogP contribution in [0.25, 0.3) is 0 Å². The lowest BCUT2D eigenvalue weighted by Gasteiger charge is -2.21. The number of methoxy groups -OCH3 is 3. The fourth-order valence-corrected chi connectivity index (χ4v) is 2.73. The summed E-state index contributed by atoms with van der Waals surface area (Å²) in [4.78, 5) is 26.3. The Morgan fingerprint density at radius 3 is 2.17 bits per heavy atom. The third-order valence-corrected chi connectivity index (χ3v) is 4.22.